The normalized spacial score (nSPS) is 10.5. The lowest BCUT2D eigenvalue weighted by atomic mass is 9.93. The van der Waals surface area contributed by atoms with Gasteiger partial charge in [-0.3, -0.25) is 0 Å². The molecule has 0 aromatic heterocycles. The zero-order valence-corrected chi connectivity index (χ0v) is 10.0. The van der Waals surface area contributed by atoms with Gasteiger partial charge in [-0.25, -0.2) is 0 Å². The van der Waals surface area contributed by atoms with Crippen LogP contribution in [0.3, 0.4) is 0 Å². The Labute approximate surface area is 92.2 Å². The van der Waals surface area contributed by atoms with E-state index < -0.39 is 0 Å². The third-order valence-corrected chi connectivity index (χ3v) is 2.87. The van der Waals surface area contributed by atoms with Crippen molar-refractivity contribution in [2.24, 2.45) is 0 Å². The molecular weight excluding hydrogens is 188 g/mol. The van der Waals surface area contributed by atoms with E-state index in [0.29, 0.717) is 5.92 Å². The Morgan fingerprint density at radius 1 is 1.07 bits per heavy atom. The Morgan fingerprint density at radius 3 is 2.20 bits per heavy atom. The van der Waals surface area contributed by atoms with Gasteiger partial charge in [0.1, 0.15) is 11.5 Å². The van der Waals surface area contributed by atoms with E-state index in [0.717, 1.165) is 24.3 Å². The Bertz CT molecular complexity index is 303. The fourth-order valence-corrected chi connectivity index (χ4v) is 1.88. The Kier molecular flexibility index (Phi) is 4.47. The van der Waals surface area contributed by atoms with Gasteiger partial charge in [0.25, 0.3) is 0 Å². The van der Waals surface area contributed by atoms with Gasteiger partial charge in [-0.1, -0.05) is 19.9 Å². The molecule has 1 aromatic carbocycles. The van der Waals surface area contributed by atoms with E-state index in [-0.39, 0.29) is 0 Å². The lowest BCUT2D eigenvalue weighted by Gasteiger charge is -2.17. The van der Waals surface area contributed by atoms with E-state index in [1.54, 1.807) is 14.2 Å². The number of hydrogen-bond acceptors (Lipinski definition) is 2. The molecule has 84 valence electrons. The predicted molar refractivity (Wildman–Crippen MR) is 62.9 cm³/mol. The van der Waals surface area contributed by atoms with Crippen molar-refractivity contribution in [1.82, 2.24) is 0 Å². The monoisotopic (exact) mass is 208 g/mol. The highest BCUT2D eigenvalue weighted by molar-refractivity contribution is 5.42. The second-order valence-electron chi connectivity index (χ2n) is 3.62. The molecule has 15 heavy (non-hydrogen) atoms. The van der Waals surface area contributed by atoms with Crippen LogP contribution in [0.2, 0.25) is 0 Å². The molecule has 0 fully saturated rings. The molecule has 0 amide bonds. The van der Waals surface area contributed by atoms with Gasteiger partial charge < -0.3 is 9.47 Å². The van der Waals surface area contributed by atoms with Crippen LogP contribution in [0.4, 0.5) is 0 Å². The molecule has 1 rings (SSSR count). The van der Waals surface area contributed by atoms with Crippen LogP contribution in [0.15, 0.2) is 18.2 Å². The van der Waals surface area contributed by atoms with Crippen LogP contribution >= 0.6 is 0 Å². The first-order valence-electron chi connectivity index (χ1n) is 5.48. The molecule has 0 spiro atoms. The fraction of sp³-hybridized carbons (Fsp3) is 0.538. The van der Waals surface area contributed by atoms with E-state index in [1.807, 2.05) is 12.1 Å². The van der Waals surface area contributed by atoms with Crippen molar-refractivity contribution in [3.8, 4) is 11.5 Å². The molecule has 2 heteroatoms. The van der Waals surface area contributed by atoms with Crippen LogP contribution < -0.4 is 9.47 Å². The smallest absolute Gasteiger partial charge is 0.126 e. The maximum atomic E-state index is 5.39. The molecule has 0 heterocycles. The Balaban J connectivity index is 3.06. The van der Waals surface area contributed by atoms with Crippen molar-refractivity contribution in [3.05, 3.63) is 23.8 Å². The number of hydrogen-bond donors (Lipinski definition) is 0. The molecule has 2 nitrogen and oxygen atoms in total. The van der Waals surface area contributed by atoms with E-state index in [1.165, 1.54) is 5.56 Å². The summed E-state index contributed by atoms with van der Waals surface area (Å²) in [5.74, 6) is 2.36. The van der Waals surface area contributed by atoms with E-state index in [4.69, 9.17) is 9.47 Å². The molecule has 0 saturated heterocycles. The van der Waals surface area contributed by atoms with Crippen LogP contribution in [0.5, 0.6) is 11.5 Å². The molecule has 0 unspecified atom stereocenters. The van der Waals surface area contributed by atoms with Gasteiger partial charge in [-0.2, -0.15) is 0 Å². The topological polar surface area (TPSA) is 18.5 Å². The summed E-state index contributed by atoms with van der Waals surface area (Å²) in [6.45, 7) is 4.41. The van der Waals surface area contributed by atoms with E-state index >= 15 is 0 Å². The third-order valence-electron chi connectivity index (χ3n) is 2.87. The standard InChI is InChI=1S/C13H20O2/c1-5-10(6-2)12-8-7-11(14-3)9-13(12)15-4/h7-10H,5-6H2,1-4H3. The summed E-state index contributed by atoms with van der Waals surface area (Å²) in [6, 6.07) is 6.05. The lowest BCUT2D eigenvalue weighted by molar-refractivity contribution is 0.387. The minimum Gasteiger partial charge on any atom is -0.497 e. The van der Waals surface area contributed by atoms with Crippen molar-refractivity contribution in [3.63, 3.8) is 0 Å². The summed E-state index contributed by atoms with van der Waals surface area (Å²) in [5.41, 5.74) is 1.28. The molecular formula is C13H20O2. The third kappa shape index (κ3) is 2.65. The van der Waals surface area contributed by atoms with Crippen molar-refractivity contribution in [2.75, 3.05) is 14.2 Å². The van der Waals surface area contributed by atoms with Gasteiger partial charge in [0, 0.05) is 6.07 Å². The summed E-state index contributed by atoms with van der Waals surface area (Å²) in [7, 11) is 3.38. The van der Waals surface area contributed by atoms with Crippen LogP contribution in [0.1, 0.15) is 38.2 Å². The first-order chi connectivity index (χ1) is 7.26. The van der Waals surface area contributed by atoms with Crippen LogP contribution in [0, 0.1) is 0 Å². The quantitative estimate of drug-likeness (QED) is 0.736. The van der Waals surface area contributed by atoms with Crippen LogP contribution in [0.25, 0.3) is 0 Å². The average Bonchev–Trinajstić information content (AvgIpc) is 2.31. The molecule has 0 aliphatic carbocycles. The molecule has 0 aliphatic rings. The zero-order chi connectivity index (χ0) is 11.3. The molecule has 0 N–H and O–H groups in total. The fourth-order valence-electron chi connectivity index (χ4n) is 1.88. The van der Waals surface area contributed by atoms with Crippen LogP contribution in [-0.2, 0) is 0 Å². The molecule has 0 atom stereocenters. The molecule has 0 aliphatic heterocycles. The lowest BCUT2D eigenvalue weighted by Crippen LogP contribution is -1.99. The van der Waals surface area contributed by atoms with Gasteiger partial charge in [-0.15, -0.1) is 0 Å². The van der Waals surface area contributed by atoms with Gasteiger partial charge in [0.05, 0.1) is 14.2 Å². The molecule has 0 saturated carbocycles. The number of ether oxygens (including phenoxy) is 2. The maximum absolute atomic E-state index is 5.39. The molecule has 0 bridgehead atoms. The average molecular weight is 208 g/mol. The van der Waals surface area contributed by atoms with Crippen LogP contribution in [-0.4, -0.2) is 14.2 Å². The summed E-state index contributed by atoms with van der Waals surface area (Å²) in [5, 5.41) is 0. The first kappa shape index (κ1) is 11.9. The summed E-state index contributed by atoms with van der Waals surface area (Å²) >= 11 is 0. The van der Waals surface area contributed by atoms with Gasteiger partial charge in [0.2, 0.25) is 0 Å². The zero-order valence-electron chi connectivity index (χ0n) is 10.0. The minimum absolute atomic E-state index is 0.575. The minimum atomic E-state index is 0.575. The van der Waals surface area contributed by atoms with Crippen molar-refractivity contribution >= 4 is 0 Å². The number of methoxy groups -OCH3 is 2. The highest BCUT2D eigenvalue weighted by atomic mass is 16.5. The van der Waals surface area contributed by atoms with Crippen molar-refractivity contribution < 1.29 is 9.47 Å². The molecule has 1 aromatic rings. The maximum Gasteiger partial charge on any atom is 0.126 e. The molecule has 0 radical (unpaired) electrons. The predicted octanol–water partition coefficient (Wildman–Crippen LogP) is 3.61. The summed E-state index contributed by atoms with van der Waals surface area (Å²) in [6.07, 6.45) is 2.28. The SMILES string of the molecule is CCC(CC)c1ccc(OC)cc1OC. The highest BCUT2D eigenvalue weighted by Crippen LogP contribution is 2.33. The number of rotatable bonds is 5. The van der Waals surface area contributed by atoms with Crippen molar-refractivity contribution in [2.45, 2.75) is 32.6 Å². The van der Waals surface area contributed by atoms with Gasteiger partial charge in [-0.05, 0) is 30.4 Å². The number of benzene rings is 1. The summed E-state index contributed by atoms with van der Waals surface area (Å²) in [4.78, 5) is 0. The first-order valence-corrected chi connectivity index (χ1v) is 5.48. The summed E-state index contributed by atoms with van der Waals surface area (Å²) < 4.78 is 10.6. The Morgan fingerprint density at radius 2 is 1.73 bits per heavy atom. The van der Waals surface area contributed by atoms with Gasteiger partial charge >= 0.3 is 0 Å². The Hall–Kier alpha value is -1.18. The van der Waals surface area contributed by atoms with E-state index in [2.05, 4.69) is 19.9 Å². The van der Waals surface area contributed by atoms with Crippen molar-refractivity contribution in [1.29, 1.82) is 0 Å². The highest BCUT2D eigenvalue weighted by Gasteiger charge is 2.13. The second-order valence-corrected chi connectivity index (χ2v) is 3.62. The van der Waals surface area contributed by atoms with Gasteiger partial charge in [0.15, 0.2) is 0 Å². The van der Waals surface area contributed by atoms with E-state index in [9.17, 15) is 0 Å². The largest absolute Gasteiger partial charge is 0.497 e. The second kappa shape index (κ2) is 5.64.